The van der Waals surface area contributed by atoms with Gasteiger partial charge in [-0.2, -0.15) is 0 Å². The molecule has 2 rings (SSSR count). The second kappa shape index (κ2) is 6.71. The lowest BCUT2D eigenvalue weighted by atomic mass is 10.1. The molecule has 0 saturated heterocycles. The van der Waals surface area contributed by atoms with E-state index in [0.717, 1.165) is 40.2 Å². The van der Waals surface area contributed by atoms with Crippen molar-refractivity contribution in [1.29, 1.82) is 0 Å². The molecule has 2 aromatic carbocycles. The van der Waals surface area contributed by atoms with Gasteiger partial charge in [-0.15, -0.1) is 0 Å². The molecular formula is C16H18BrNO. The number of benzene rings is 2. The van der Waals surface area contributed by atoms with Crippen LogP contribution >= 0.6 is 15.9 Å². The highest BCUT2D eigenvalue weighted by atomic mass is 79.9. The summed E-state index contributed by atoms with van der Waals surface area (Å²) in [6, 6.07) is 11.9. The van der Waals surface area contributed by atoms with Crippen LogP contribution in [0.1, 0.15) is 36.5 Å². The number of hydrogen-bond acceptors (Lipinski definition) is 1. The zero-order chi connectivity index (χ0) is 13.7. The molecule has 0 aliphatic heterocycles. The SMILES string of the molecule is CCCCCNC(=O)c1ccc2cc(Br)ccc2c1. The average molecular weight is 320 g/mol. The van der Waals surface area contributed by atoms with E-state index in [0.29, 0.717) is 0 Å². The van der Waals surface area contributed by atoms with Gasteiger partial charge in [0.15, 0.2) is 0 Å². The maximum atomic E-state index is 12.0. The lowest BCUT2D eigenvalue weighted by molar-refractivity contribution is 0.0953. The predicted molar refractivity (Wildman–Crippen MR) is 83.5 cm³/mol. The van der Waals surface area contributed by atoms with Crippen LogP contribution in [-0.2, 0) is 0 Å². The third-order valence-corrected chi connectivity index (χ3v) is 3.62. The van der Waals surface area contributed by atoms with Gasteiger partial charge in [-0.25, -0.2) is 0 Å². The summed E-state index contributed by atoms with van der Waals surface area (Å²) >= 11 is 3.45. The monoisotopic (exact) mass is 319 g/mol. The minimum absolute atomic E-state index is 0.0147. The number of hydrogen-bond donors (Lipinski definition) is 1. The molecule has 2 aromatic rings. The van der Waals surface area contributed by atoms with Gasteiger partial charge in [-0.3, -0.25) is 4.79 Å². The number of fused-ring (bicyclic) bond motifs is 1. The van der Waals surface area contributed by atoms with Gasteiger partial charge in [0.05, 0.1) is 0 Å². The van der Waals surface area contributed by atoms with E-state index >= 15 is 0 Å². The summed E-state index contributed by atoms with van der Waals surface area (Å²) in [5.41, 5.74) is 0.728. The summed E-state index contributed by atoms with van der Waals surface area (Å²) in [7, 11) is 0. The number of carbonyl (C=O) groups excluding carboxylic acids is 1. The summed E-state index contributed by atoms with van der Waals surface area (Å²) in [5.74, 6) is 0.0147. The Morgan fingerprint density at radius 1 is 1.11 bits per heavy atom. The van der Waals surface area contributed by atoms with Gasteiger partial charge in [-0.05, 0) is 41.5 Å². The number of amides is 1. The summed E-state index contributed by atoms with van der Waals surface area (Å²) in [4.78, 5) is 12.0. The smallest absolute Gasteiger partial charge is 0.251 e. The van der Waals surface area contributed by atoms with Crippen LogP contribution in [0.4, 0.5) is 0 Å². The van der Waals surface area contributed by atoms with E-state index < -0.39 is 0 Å². The van der Waals surface area contributed by atoms with E-state index in [2.05, 4.69) is 34.2 Å². The van der Waals surface area contributed by atoms with E-state index in [1.165, 1.54) is 6.42 Å². The van der Waals surface area contributed by atoms with Crippen molar-refractivity contribution in [2.45, 2.75) is 26.2 Å². The van der Waals surface area contributed by atoms with Gasteiger partial charge in [0.25, 0.3) is 5.91 Å². The minimum atomic E-state index is 0.0147. The van der Waals surface area contributed by atoms with Crippen LogP contribution in [0, 0.1) is 0 Å². The van der Waals surface area contributed by atoms with E-state index in [9.17, 15) is 4.79 Å². The molecule has 3 heteroatoms. The highest BCUT2D eigenvalue weighted by Gasteiger charge is 2.05. The Labute approximate surface area is 122 Å². The summed E-state index contributed by atoms with van der Waals surface area (Å²) in [5, 5.41) is 5.19. The molecule has 0 aliphatic carbocycles. The Kier molecular flexibility index (Phi) is 4.97. The van der Waals surface area contributed by atoms with Crippen molar-refractivity contribution in [3.8, 4) is 0 Å². The zero-order valence-corrected chi connectivity index (χ0v) is 12.7. The van der Waals surface area contributed by atoms with Gasteiger partial charge < -0.3 is 5.32 Å². The topological polar surface area (TPSA) is 29.1 Å². The minimum Gasteiger partial charge on any atom is -0.352 e. The van der Waals surface area contributed by atoms with Crippen LogP contribution in [-0.4, -0.2) is 12.5 Å². The van der Waals surface area contributed by atoms with E-state index in [4.69, 9.17) is 0 Å². The second-order valence-corrected chi connectivity index (χ2v) is 5.58. The highest BCUT2D eigenvalue weighted by molar-refractivity contribution is 9.10. The molecule has 100 valence electrons. The number of nitrogens with one attached hydrogen (secondary N) is 1. The summed E-state index contributed by atoms with van der Waals surface area (Å²) in [6.07, 6.45) is 3.37. The van der Waals surface area contributed by atoms with Crippen LogP contribution in [0.3, 0.4) is 0 Å². The fourth-order valence-corrected chi connectivity index (χ4v) is 2.42. The fourth-order valence-electron chi connectivity index (χ4n) is 2.04. The third kappa shape index (κ3) is 3.80. The first-order chi connectivity index (χ1) is 9.20. The fraction of sp³-hybridized carbons (Fsp3) is 0.312. The molecule has 1 amide bonds. The van der Waals surface area contributed by atoms with Gasteiger partial charge in [0.1, 0.15) is 0 Å². The summed E-state index contributed by atoms with van der Waals surface area (Å²) < 4.78 is 1.05. The van der Waals surface area contributed by atoms with Crippen molar-refractivity contribution >= 4 is 32.6 Å². The van der Waals surface area contributed by atoms with Gasteiger partial charge in [-0.1, -0.05) is 47.8 Å². The molecule has 1 N–H and O–H groups in total. The van der Waals surface area contributed by atoms with Crippen molar-refractivity contribution in [2.24, 2.45) is 0 Å². The van der Waals surface area contributed by atoms with Crippen molar-refractivity contribution in [3.63, 3.8) is 0 Å². The average Bonchev–Trinajstić information content (AvgIpc) is 2.42. The molecule has 2 nitrogen and oxygen atoms in total. The third-order valence-electron chi connectivity index (χ3n) is 3.13. The second-order valence-electron chi connectivity index (χ2n) is 4.67. The standard InChI is InChI=1S/C16H18BrNO/c1-2-3-4-9-18-16(19)14-6-5-13-11-15(17)8-7-12(13)10-14/h5-8,10-11H,2-4,9H2,1H3,(H,18,19). The highest BCUT2D eigenvalue weighted by Crippen LogP contribution is 2.20. The summed E-state index contributed by atoms with van der Waals surface area (Å²) in [6.45, 7) is 2.91. The first-order valence-electron chi connectivity index (χ1n) is 6.68. The van der Waals surface area contributed by atoms with E-state index in [1.54, 1.807) is 0 Å². The molecular weight excluding hydrogens is 302 g/mol. The Bertz CT molecular complexity index is 580. The molecule has 0 bridgehead atoms. The molecule has 0 radical (unpaired) electrons. The van der Waals surface area contributed by atoms with Crippen molar-refractivity contribution in [2.75, 3.05) is 6.54 Å². The predicted octanol–water partition coefficient (Wildman–Crippen LogP) is 4.52. The first-order valence-corrected chi connectivity index (χ1v) is 7.47. The van der Waals surface area contributed by atoms with Gasteiger partial charge in [0.2, 0.25) is 0 Å². The Hall–Kier alpha value is -1.35. The molecule has 0 aliphatic rings. The normalized spacial score (nSPS) is 10.6. The molecule has 0 saturated carbocycles. The largest absolute Gasteiger partial charge is 0.352 e. The van der Waals surface area contributed by atoms with Gasteiger partial charge >= 0.3 is 0 Å². The van der Waals surface area contributed by atoms with Crippen LogP contribution in [0.5, 0.6) is 0 Å². The Balaban J connectivity index is 2.08. The molecule has 0 fully saturated rings. The maximum absolute atomic E-state index is 12.0. The Morgan fingerprint density at radius 2 is 1.84 bits per heavy atom. The maximum Gasteiger partial charge on any atom is 0.251 e. The Morgan fingerprint density at radius 3 is 2.63 bits per heavy atom. The number of carbonyl (C=O) groups is 1. The first kappa shape index (κ1) is 14.1. The van der Waals surface area contributed by atoms with Gasteiger partial charge in [0, 0.05) is 16.6 Å². The van der Waals surface area contributed by atoms with Crippen LogP contribution < -0.4 is 5.32 Å². The lowest BCUT2D eigenvalue weighted by Gasteiger charge is -2.06. The van der Waals surface area contributed by atoms with Crippen molar-refractivity contribution < 1.29 is 4.79 Å². The number of rotatable bonds is 5. The van der Waals surface area contributed by atoms with Crippen LogP contribution in [0.2, 0.25) is 0 Å². The van der Waals surface area contributed by atoms with E-state index in [-0.39, 0.29) is 5.91 Å². The number of halogens is 1. The molecule has 0 unspecified atom stereocenters. The van der Waals surface area contributed by atoms with Crippen molar-refractivity contribution in [1.82, 2.24) is 5.32 Å². The number of unbranched alkanes of at least 4 members (excludes halogenated alkanes) is 2. The molecule has 0 spiro atoms. The van der Waals surface area contributed by atoms with Crippen molar-refractivity contribution in [3.05, 3.63) is 46.4 Å². The molecule has 0 aromatic heterocycles. The molecule has 0 atom stereocenters. The molecule has 19 heavy (non-hydrogen) atoms. The molecule has 0 heterocycles. The van der Waals surface area contributed by atoms with Crippen LogP contribution in [0.25, 0.3) is 10.8 Å². The van der Waals surface area contributed by atoms with E-state index in [1.807, 2.05) is 30.3 Å². The van der Waals surface area contributed by atoms with Crippen LogP contribution in [0.15, 0.2) is 40.9 Å². The lowest BCUT2D eigenvalue weighted by Crippen LogP contribution is -2.24. The zero-order valence-electron chi connectivity index (χ0n) is 11.1. The quantitative estimate of drug-likeness (QED) is 0.806.